The predicted molar refractivity (Wildman–Crippen MR) is 90.4 cm³/mol. The molecule has 126 valence electrons. The van der Waals surface area contributed by atoms with Crippen molar-refractivity contribution in [3.05, 3.63) is 42.6 Å². The van der Waals surface area contributed by atoms with E-state index >= 15 is 0 Å². The van der Waals surface area contributed by atoms with Gasteiger partial charge in [-0.05, 0) is 31.4 Å². The number of hydrogen-bond donors (Lipinski definition) is 0. The van der Waals surface area contributed by atoms with Gasteiger partial charge in [0.1, 0.15) is 6.33 Å². The van der Waals surface area contributed by atoms with Crippen molar-refractivity contribution in [1.82, 2.24) is 19.9 Å². The average molecular weight is 326 g/mol. The first-order valence-electron chi connectivity index (χ1n) is 8.40. The van der Waals surface area contributed by atoms with Crippen LogP contribution in [0.15, 0.2) is 37.1 Å². The fraction of sp³-hybridized carbons (Fsp3) is 0.444. The minimum absolute atomic E-state index is 0.0281. The molecule has 1 amide bonds. The Morgan fingerprint density at radius 2 is 2.21 bits per heavy atom. The Kier molecular flexibility index (Phi) is 5.48. The minimum Gasteiger partial charge on any atom is -0.376 e. The lowest BCUT2D eigenvalue weighted by Crippen LogP contribution is -2.43. The van der Waals surface area contributed by atoms with E-state index in [1.807, 2.05) is 4.90 Å². The van der Waals surface area contributed by atoms with Crippen molar-refractivity contribution in [2.24, 2.45) is 0 Å². The van der Waals surface area contributed by atoms with Crippen molar-refractivity contribution in [2.75, 3.05) is 19.7 Å². The fourth-order valence-electron chi connectivity index (χ4n) is 2.88. The van der Waals surface area contributed by atoms with Crippen LogP contribution in [0, 0.1) is 0 Å². The van der Waals surface area contributed by atoms with E-state index in [1.54, 1.807) is 30.7 Å². The Hall–Kier alpha value is -2.34. The van der Waals surface area contributed by atoms with Crippen molar-refractivity contribution in [3.8, 4) is 11.3 Å². The molecule has 1 atom stereocenters. The van der Waals surface area contributed by atoms with Gasteiger partial charge in [0.05, 0.1) is 11.8 Å². The number of rotatable bonds is 5. The van der Waals surface area contributed by atoms with E-state index in [9.17, 15) is 4.79 Å². The molecule has 0 radical (unpaired) electrons. The smallest absolute Gasteiger partial charge is 0.254 e. The molecule has 0 bridgehead atoms. The Morgan fingerprint density at radius 3 is 3.00 bits per heavy atom. The van der Waals surface area contributed by atoms with Crippen LogP contribution in [0.25, 0.3) is 11.3 Å². The number of hydrogen-bond acceptors (Lipinski definition) is 5. The van der Waals surface area contributed by atoms with Crippen LogP contribution in [0.3, 0.4) is 0 Å². The van der Waals surface area contributed by atoms with E-state index in [1.165, 1.54) is 6.33 Å². The topological polar surface area (TPSA) is 68.2 Å². The van der Waals surface area contributed by atoms with Crippen molar-refractivity contribution in [1.29, 1.82) is 0 Å². The molecule has 0 spiro atoms. The summed E-state index contributed by atoms with van der Waals surface area (Å²) in [5.74, 6) is 0.0281. The molecule has 3 rings (SSSR count). The van der Waals surface area contributed by atoms with Gasteiger partial charge in [0.25, 0.3) is 5.91 Å². The second kappa shape index (κ2) is 7.97. The summed E-state index contributed by atoms with van der Waals surface area (Å²) in [6.07, 6.45) is 9.66. The molecule has 0 N–H and O–H groups in total. The van der Waals surface area contributed by atoms with Gasteiger partial charge in [-0.1, -0.05) is 6.92 Å². The zero-order valence-electron chi connectivity index (χ0n) is 13.9. The first-order chi connectivity index (χ1) is 11.8. The predicted octanol–water partition coefficient (Wildman–Crippen LogP) is 2.57. The van der Waals surface area contributed by atoms with Gasteiger partial charge in [-0.3, -0.25) is 9.78 Å². The highest BCUT2D eigenvalue weighted by Gasteiger charge is 2.25. The number of amides is 1. The number of likely N-dealkylation sites (tertiary alicyclic amines) is 1. The summed E-state index contributed by atoms with van der Waals surface area (Å²) in [4.78, 5) is 27.0. The van der Waals surface area contributed by atoms with Gasteiger partial charge in [0.15, 0.2) is 0 Å². The van der Waals surface area contributed by atoms with Gasteiger partial charge >= 0.3 is 0 Å². The van der Waals surface area contributed by atoms with E-state index in [0.29, 0.717) is 17.8 Å². The maximum Gasteiger partial charge on any atom is 0.254 e. The van der Waals surface area contributed by atoms with Crippen LogP contribution >= 0.6 is 0 Å². The number of nitrogens with zero attached hydrogens (tertiary/aromatic N) is 4. The van der Waals surface area contributed by atoms with Crippen molar-refractivity contribution < 1.29 is 9.53 Å². The molecule has 1 fully saturated rings. The fourth-order valence-corrected chi connectivity index (χ4v) is 2.88. The SMILES string of the molecule is CCCO[C@H]1CCCN(C(=O)c2ccnc(-c3cncnc3)c2)C1. The molecule has 0 saturated carbocycles. The molecule has 6 nitrogen and oxygen atoms in total. The molecule has 3 heterocycles. The normalized spacial score (nSPS) is 17.7. The molecule has 0 aliphatic carbocycles. The molecule has 0 aromatic carbocycles. The number of carbonyl (C=O) groups excluding carboxylic acids is 1. The van der Waals surface area contributed by atoms with Crippen LogP contribution in [0.2, 0.25) is 0 Å². The van der Waals surface area contributed by atoms with Crippen LogP contribution in [0.5, 0.6) is 0 Å². The van der Waals surface area contributed by atoms with E-state index in [4.69, 9.17) is 4.74 Å². The third-order valence-electron chi connectivity index (χ3n) is 4.09. The van der Waals surface area contributed by atoms with Gasteiger partial charge in [-0.2, -0.15) is 0 Å². The molecule has 24 heavy (non-hydrogen) atoms. The van der Waals surface area contributed by atoms with E-state index < -0.39 is 0 Å². The summed E-state index contributed by atoms with van der Waals surface area (Å²) in [6.45, 7) is 4.28. The number of piperidine rings is 1. The summed E-state index contributed by atoms with van der Waals surface area (Å²) in [6, 6.07) is 3.56. The second-order valence-corrected chi connectivity index (χ2v) is 5.94. The highest BCUT2D eigenvalue weighted by Crippen LogP contribution is 2.19. The zero-order valence-corrected chi connectivity index (χ0v) is 13.9. The monoisotopic (exact) mass is 326 g/mol. The van der Waals surface area contributed by atoms with Gasteiger partial charge in [0, 0.05) is 49.4 Å². The summed E-state index contributed by atoms with van der Waals surface area (Å²) in [7, 11) is 0. The molecule has 6 heteroatoms. The lowest BCUT2D eigenvalue weighted by Gasteiger charge is -2.32. The number of aromatic nitrogens is 3. The molecule has 1 saturated heterocycles. The van der Waals surface area contributed by atoms with Crippen LogP contribution in [0.4, 0.5) is 0 Å². The first kappa shape index (κ1) is 16.5. The largest absolute Gasteiger partial charge is 0.376 e. The van der Waals surface area contributed by atoms with Crippen LogP contribution in [0.1, 0.15) is 36.5 Å². The quantitative estimate of drug-likeness (QED) is 0.845. The summed E-state index contributed by atoms with van der Waals surface area (Å²) in [5, 5.41) is 0. The summed E-state index contributed by atoms with van der Waals surface area (Å²) >= 11 is 0. The minimum atomic E-state index is 0.0281. The van der Waals surface area contributed by atoms with Crippen LogP contribution < -0.4 is 0 Å². The lowest BCUT2D eigenvalue weighted by molar-refractivity contribution is 0.00211. The van der Waals surface area contributed by atoms with Crippen molar-refractivity contribution in [3.63, 3.8) is 0 Å². The van der Waals surface area contributed by atoms with Crippen molar-refractivity contribution in [2.45, 2.75) is 32.3 Å². The zero-order chi connectivity index (χ0) is 16.8. The average Bonchev–Trinajstić information content (AvgIpc) is 2.67. The van der Waals surface area contributed by atoms with E-state index in [2.05, 4.69) is 21.9 Å². The highest BCUT2D eigenvalue weighted by molar-refractivity contribution is 5.95. The third-order valence-corrected chi connectivity index (χ3v) is 4.09. The number of carbonyl (C=O) groups is 1. The third kappa shape index (κ3) is 3.94. The lowest BCUT2D eigenvalue weighted by atomic mass is 10.1. The molecule has 2 aromatic rings. The van der Waals surface area contributed by atoms with Crippen LogP contribution in [-0.2, 0) is 4.74 Å². The number of ether oxygens (including phenoxy) is 1. The Bertz CT molecular complexity index is 678. The van der Waals surface area contributed by atoms with Crippen molar-refractivity contribution >= 4 is 5.91 Å². The van der Waals surface area contributed by atoms with Gasteiger partial charge in [-0.15, -0.1) is 0 Å². The molecule has 2 aromatic heterocycles. The Labute approximate surface area is 141 Å². The maximum atomic E-state index is 12.8. The molecular formula is C18H22N4O2. The maximum absolute atomic E-state index is 12.8. The Balaban J connectivity index is 1.73. The second-order valence-electron chi connectivity index (χ2n) is 5.94. The molecule has 1 aliphatic heterocycles. The summed E-state index contributed by atoms with van der Waals surface area (Å²) < 4.78 is 5.82. The standard InChI is InChI=1S/C18H22N4O2/c1-2-8-24-16-4-3-7-22(12-16)18(23)14-5-6-21-17(9-14)15-10-19-13-20-11-15/h5-6,9-11,13,16H,2-4,7-8,12H2,1H3/t16-/m0/s1. The van der Waals surface area contributed by atoms with E-state index in [0.717, 1.165) is 38.0 Å². The van der Waals surface area contributed by atoms with E-state index in [-0.39, 0.29) is 12.0 Å². The van der Waals surface area contributed by atoms with Gasteiger partial charge in [-0.25, -0.2) is 9.97 Å². The Morgan fingerprint density at radius 1 is 1.38 bits per heavy atom. The van der Waals surface area contributed by atoms with Gasteiger partial charge in [0.2, 0.25) is 0 Å². The highest BCUT2D eigenvalue weighted by atomic mass is 16.5. The summed E-state index contributed by atoms with van der Waals surface area (Å²) in [5.41, 5.74) is 2.15. The molecular weight excluding hydrogens is 304 g/mol. The van der Waals surface area contributed by atoms with Gasteiger partial charge < -0.3 is 9.64 Å². The first-order valence-corrected chi connectivity index (χ1v) is 8.40. The number of pyridine rings is 1. The molecule has 0 unspecified atom stereocenters. The van der Waals surface area contributed by atoms with Crippen LogP contribution in [-0.4, -0.2) is 51.6 Å². The molecule has 1 aliphatic rings.